The SMILES string of the molecule is CC(=N)c1ccc(OCn2nccn2)cc1.OCc1ccc(C(F)(F)F)cc1. The predicted octanol–water partition coefficient (Wildman–Crippen LogP) is 3.90. The van der Waals surface area contributed by atoms with Gasteiger partial charge in [0.1, 0.15) is 5.75 Å². The highest BCUT2D eigenvalue weighted by atomic mass is 19.4. The number of aromatic nitrogens is 3. The van der Waals surface area contributed by atoms with E-state index in [9.17, 15) is 13.2 Å². The average Bonchev–Trinajstić information content (AvgIpc) is 3.20. The summed E-state index contributed by atoms with van der Waals surface area (Å²) in [6.45, 7) is 1.80. The van der Waals surface area contributed by atoms with Crippen molar-refractivity contribution in [2.24, 2.45) is 0 Å². The molecule has 0 bridgehead atoms. The largest absolute Gasteiger partial charge is 0.470 e. The highest BCUT2D eigenvalue weighted by Crippen LogP contribution is 2.28. The van der Waals surface area contributed by atoms with Crippen LogP contribution in [0.15, 0.2) is 60.9 Å². The zero-order valence-corrected chi connectivity index (χ0v) is 15.0. The number of aliphatic hydroxyl groups is 1. The number of hydrogen-bond donors (Lipinski definition) is 2. The van der Waals surface area contributed by atoms with Gasteiger partial charge in [0.15, 0.2) is 6.73 Å². The van der Waals surface area contributed by atoms with Gasteiger partial charge in [0.25, 0.3) is 0 Å². The highest BCUT2D eigenvalue weighted by molar-refractivity contribution is 5.96. The smallest absolute Gasteiger partial charge is 0.416 e. The van der Waals surface area contributed by atoms with E-state index in [1.165, 1.54) is 16.9 Å². The number of rotatable bonds is 5. The number of aliphatic hydroxyl groups excluding tert-OH is 1. The molecule has 3 aromatic rings. The molecule has 0 radical (unpaired) electrons. The summed E-state index contributed by atoms with van der Waals surface area (Å²) in [5, 5.41) is 23.9. The second-order valence-corrected chi connectivity index (χ2v) is 5.68. The number of alkyl halides is 3. The fourth-order valence-corrected chi connectivity index (χ4v) is 2.04. The van der Waals surface area contributed by atoms with Crippen LogP contribution in [-0.4, -0.2) is 25.8 Å². The van der Waals surface area contributed by atoms with Crippen molar-refractivity contribution in [3.8, 4) is 5.75 Å². The van der Waals surface area contributed by atoms with E-state index < -0.39 is 11.7 Å². The summed E-state index contributed by atoms with van der Waals surface area (Å²) in [7, 11) is 0. The minimum absolute atomic E-state index is 0.238. The molecule has 148 valence electrons. The molecule has 1 heterocycles. The van der Waals surface area contributed by atoms with Crippen molar-refractivity contribution in [1.82, 2.24) is 15.0 Å². The molecule has 0 fully saturated rings. The first kappa shape index (κ1) is 21.1. The van der Waals surface area contributed by atoms with E-state index in [-0.39, 0.29) is 13.3 Å². The van der Waals surface area contributed by atoms with Gasteiger partial charge in [0.05, 0.1) is 24.6 Å². The zero-order chi connectivity index (χ0) is 20.6. The third-order valence-corrected chi connectivity index (χ3v) is 3.56. The molecular weight excluding hydrogens is 373 g/mol. The molecule has 6 nitrogen and oxygen atoms in total. The number of ether oxygens (including phenoxy) is 1. The minimum atomic E-state index is -4.30. The van der Waals surface area contributed by atoms with E-state index in [1.54, 1.807) is 19.3 Å². The molecular formula is C19H19F3N4O2. The average molecular weight is 392 g/mol. The van der Waals surface area contributed by atoms with Gasteiger partial charge in [0.2, 0.25) is 0 Å². The molecule has 0 saturated carbocycles. The summed E-state index contributed by atoms with van der Waals surface area (Å²) in [6, 6.07) is 11.8. The molecule has 0 aliphatic heterocycles. The van der Waals surface area contributed by atoms with Gasteiger partial charge in [0, 0.05) is 5.71 Å². The second-order valence-electron chi connectivity index (χ2n) is 5.68. The van der Waals surface area contributed by atoms with Crippen LogP contribution in [0.5, 0.6) is 5.75 Å². The lowest BCUT2D eigenvalue weighted by Gasteiger charge is -2.05. The Morgan fingerprint density at radius 1 is 1.04 bits per heavy atom. The maximum atomic E-state index is 12.0. The van der Waals surface area contributed by atoms with E-state index in [1.807, 2.05) is 24.3 Å². The van der Waals surface area contributed by atoms with Gasteiger partial charge in [-0.15, -0.1) is 4.80 Å². The summed E-state index contributed by atoms with van der Waals surface area (Å²) < 4.78 is 41.3. The molecule has 1 aromatic heterocycles. The number of halogens is 3. The van der Waals surface area contributed by atoms with E-state index in [4.69, 9.17) is 15.3 Å². The Hall–Kier alpha value is -3.20. The number of benzene rings is 2. The summed E-state index contributed by atoms with van der Waals surface area (Å²) in [5.41, 5.74) is 1.22. The Morgan fingerprint density at radius 3 is 2.07 bits per heavy atom. The van der Waals surface area contributed by atoms with Crippen molar-refractivity contribution < 1.29 is 23.0 Å². The number of nitrogens with zero attached hydrogens (tertiary/aromatic N) is 3. The van der Waals surface area contributed by atoms with Crippen LogP contribution >= 0.6 is 0 Å². The van der Waals surface area contributed by atoms with Crippen molar-refractivity contribution >= 4 is 5.71 Å². The van der Waals surface area contributed by atoms with E-state index in [2.05, 4.69) is 10.2 Å². The topological polar surface area (TPSA) is 84.0 Å². The molecule has 0 aliphatic carbocycles. The molecule has 0 unspecified atom stereocenters. The fourth-order valence-electron chi connectivity index (χ4n) is 2.04. The molecule has 0 aliphatic rings. The summed E-state index contributed by atoms with van der Waals surface area (Å²) in [4.78, 5) is 1.45. The Bertz CT molecular complexity index is 862. The van der Waals surface area contributed by atoms with Crippen LogP contribution in [0.25, 0.3) is 0 Å². The first-order chi connectivity index (χ1) is 13.3. The first-order valence-corrected chi connectivity index (χ1v) is 8.19. The molecule has 9 heteroatoms. The van der Waals surface area contributed by atoms with Crippen LogP contribution < -0.4 is 4.74 Å². The van der Waals surface area contributed by atoms with Crippen molar-refractivity contribution in [1.29, 1.82) is 5.41 Å². The van der Waals surface area contributed by atoms with Crippen LogP contribution in [0, 0.1) is 5.41 Å². The minimum Gasteiger partial charge on any atom is -0.470 e. The van der Waals surface area contributed by atoms with Crippen LogP contribution in [0.1, 0.15) is 23.6 Å². The van der Waals surface area contributed by atoms with Gasteiger partial charge >= 0.3 is 6.18 Å². The fraction of sp³-hybridized carbons (Fsp3) is 0.211. The maximum Gasteiger partial charge on any atom is 0.416 e. The van der Waals surface area contributed by atoms with Gasteiger partial charge in [-0.1, -0.05) is 12.1 Å². The lowest BCUT2D eigenvalue weighted by Crippen LogP contribution is -2.08. The van der Waals surface area contributed by atoms with E-state index >= 15 is 0 Å². The van der Waals surface area contributed by atoms with E-state index in [0.29, 0.717) is 11.3 Å². The van der Waals surface area contributed by atoms with Crippen LogP contribution in [-0.2, 0) is 19.5 Å². The number of nitrogens with one attached hydrogen (secondary N) is 1. The first-order valence-electron chi connectivity index (χ1n) is 8.19. The predicted molar refractivity (Wildman–Crippen MR) is 97.0 cm³/mol. The van der Waals surface area contributed by atoms with Crippen molar-refractivity contribution in [3.63, 3.8) is 0 Å². The quantitative estimate of drug-likeness (QED) is 0.645. The molecule has 0 saturated heterocycles. The maximum absolute atomic E-state index is 12.0. The van der Waals surface area contributed by atoms with Crippen molar-refractivity contribution in [2.75, 3.05) is 0 Å². The summed E-state index contributed by atoms with van der Waals surface area (Å²) in [5.74, 6) is 0.738. The zero-order valence-electron chi connectivity index (χ0n) is 15.0. The van der Waals surface area contributed by atoms with Gasteiger partial charge < -0.3 is 15.3 Å². The lowest BCUT2D eigenvalue weighted by atomic mass is 10.1. The van der Waals surface area contributed by atoms with Gasteiger partial charge in [-0.3, -0.25) is 0 Å². The van der Waals surface area contributed by atoms with Crippen molar-refractivity contribution in [3.05, 3.63) is 77.6 Å². The molecule has 0 spiro atoms. The molecule has 0 amide bonds. The number of hydrogen-bond acceptors (Lipinski definition) is 5. The van der Waals surface area contributed by atoms with Crippen LogP contribution in [0.3, 0.4) is 0 Å². The van der Waals surface area contributed by atoms with Crippen molar-refractivity contribution in [2.45, 2.75) is 26.4 Å². The normalized spacial score (nSPS) is 10.8. The van der Waals surface area contributed by atoms with Crippen LogP contribution in [0.2, 0.25) is 0 Å². The Balaban J connectivity index is 0.000000209. The third kappa shape index (κ3) is 6.51. The monoisotopic (exact) mass is 392 g/mol. The lowest BCUT2D eigenvalue weighted by molar-refractivity contribution is -0.137. The molecule has 2 aromatic carbocycles. The summed E-state index contributed by atoms with van der Waals surface area (Å²) in [6.07, 6.45) is -1.09. The summed E-state index contributed by atoms with van der Waals surface area (Å²) >= 11 is 0. The Labute approximate surface area is 159 Å². The molecule has 28 heavy (non-hydrogen) atoms. The molecule has 0 atom stereocenters. The third-order valence-electron chi connectivity index (χ3n) is 3.56. The van der Waals surface area contributed by atoms with E-state index in [0.717, 1.165) is 23.4 Å². The molecule has 2 N–H and O–H groups in total. The van der Waals surface area contributed by atoms with Gasteiger partial charge in [-0.05, 0) is 54.4 Å². The standard InChI is InChI=1S/C11H12N4O.C8H7F3O/c1-9(12)10-2-4-11(5-3-10)16-8-15-13-6-7-14-15;9-8(10,11)7-3-1-6(5-12)2-4-7/h2-7,12H,8H2,1H3;1-4,12H,5H2. The van der Waals surface area contributed by atoms with Gasteiger partial charge in [-0.25, -0.2) is 0 Å². The van der Waals surface area contributed by atoms with Crippen LogP contribution in [0.4, 0.5) is 13.2 Å². The molecule has 3 rings (SSSR count). The second kappa shape index (κ2) is 9.65. The Kier molecular flexibility index (Phi) is 7.28. The highest BCUT2D eigenvalue weighted by Gasteiger charge is 2.29. The Morgan fingerprint density at radius 2 is 1.61 bits per heavy atom. The van der Waals surface area contributed by atoms with Gasteiger partial charge in [-0.2, -0.15) is 23.4 Å².